The first-order valence-corrected chi connectivity index (χ1v) is 9.41. The summed E-state index contributed by atoms with van der Waals surface area (Å²) in [5.74, 6) is 0.0271. The predicted molar refractivity (Wildman–Crippen MR) is 94.2 cm³/mol. The van der Waals surface area contributed by atoms with E-state index in [9.17, 15) is 14.7 Å². The second-order valence-electron chi connectivity index (χ2n) is 6.95. The number of nitrogens with zero attached hydrogens (tertiary/aromatic N) is 2. The van der Waals surface area contributed by atoms with Crippen molar-refractivity contribution in [2.45, 2.75) is 26.7 Å². The summed E-state index contributed by atoms with van der Waals surface area (Å²) in [6, 6.07) is 3.80. The van der Waals surface area contributed by atoms with Crippen LogP contribution < -0.4 is 0 Å². The largest absolute Gasteiger partial charge is 0.396 e. The lowest BCUT2D eigenvalue weighted by Gasteiger charge is -2.34. The molecule has 0 aliphatic carbocycles. The number of thiophene rings is 1. The average Bonchev–Trinajstić information content (AvgIpc) is 3.17. The molecule has 1 aromatic rings. The Morgan fingerprint density at radius 1 is 1.33 bits per heavy atom. The van der Waals surface area contributed by atoms with Crippen molar-refractivity contribution in [1.82, 2.24) is 9.80 Å². The van der Waals surface area contributed by atoms with Gasteiger partial charge in [0, 0.05) is 31.1 Å². The Morgan fingerprint density at radius 2 is 2.12 bits per heavy atom. The van der Waals surface area contributed by atoms with Crippen LogP contribution in [0.3, 0.4) is 0 Å². The number of amides is 2. The summed E-state index contributed by atoms with van der Waals surface area (Å²) in [7, 11) is 0. The van der Waals surface area contributed by atoms with Gasteiger partial charge in [-0.15, -0.1) is 11.3 Å². The van der Waals surface area contributed by atoms with Crippen LogP contribution in [-0.2, 0) is 9.59 Å². The van der Waals surface area contributed by atoms with Crippen molar-refractivity contribution in [3.8, 4) is 0 Å². The monoisotopic (exact) mass is 348 g/mol. The summed E-state index contributed by atoms with van der Waals surface area (Å²) < 4.78 is 0. The molecule has 5 nitrogen and oxygen atoms in total. The van der Waals surface area contributed by atoms with Crippen LogP contribution in [0.1, 0.15) is 31.6 Å². The number of carbonyl (C=O) groups excluding carboxylic acids is 2. The Labute approximate surface area is 146 Å². The van der Waals surface area contributed by atoms with Crippen LogP contribution in [0.2, 0.25) is 0 Å². The van der Waals surface area contributed by atoms with Gasteiger partial charge < -0.3 is 10.0 Å². The Kier molecular flexibility index (Phi) is 5.06. The van der Waals surface area contributed by atoms with Crippen LogP contribution in [-0.4, -0.2) is 53.0 Å². The van der Waals surface area contributed by atoms with Gasteiger partial charge in [-0.1, -0.05) is 19.9 Å². The number of aliphatic hydroxyl groups is 1. The minimum absolute atomic E-state index is 0.121. The van der Waals surface area contributed by atoms with Crippen molar-refractivity contribution < 1.29 is 14.7 Å². The van der Waals surface area contributed by atoms with Gasteiger partial charge in [0.15, 0.2) is 0 Å². The van der Waals surface area contributed by atoms with Crippen LogP contribution in [0.4, 0.5) is 0 Å². The molecule has 1 aromatic heterocycles. The first-order valence-electron chi connectivity index (χ1n) is 8.53. The highest BCUT2D eigenvalue weighted by molar-refractivity contribution is 7.11. The van der Waals surface area contributed by atoms with Crippen molar-refractivity contribution >= 4 is 28.7 Å². The Balaban J connectivity index is 1.99. The molecule has 2 aliphatic heterocycles. The van der Waals surface area contributed by atoms with E-state index in [1.807, 2.05) is 36.3 Å². The maximum absolute atomic E-state index is 13.0. The van der Waals surface area contributed by atoms with E-state index >= 15 is 0 Å². The standard InChI is InChI=1S/C18H24N2O3S/c1-12(2)9-20-17(22)15(14-6-4-8-24-14)16(18(20)23)19-7-3-5-13(10-19)11-21/h4,6,8,12-13,21H,3,5,7,9-11H2,1-2H3. The van der Waals surface area contributed by atoms with Gasteiger partial charge in [-0.2, -0.15) is 0 Å². The Hall–Kier alpha value is -1.66. The molecule has 1 atom stereocenters. The number of rotatable bonds is 5. The van der Waals surface area contributed by atoms with Crippen LogP contribution in [0.15, 0.2) is 23.2 Å². The second-order valence-corrected chi connectivity index (χ2v) is 7.90. The van der Waals surface area contributed by atoms with Crippen molar-refractivity contribution in [2.75, 3.05) is 26.2 Å². The summed E-state index contributed by atoms with van der Waals surface area (Å²) in [6.45, 7) is 5.96. The van der Waals surface area contributed by atoms with E-state index in [4.69, 9.17) is 0 Å². The lowest BCUT2D eigenvalue weighted by molar-refractivity contribution is -0.138. The van der Waals surface area contributed by atoms with E-state index in [0.29, 0.717) is 24.4 Å². The fourth-order valence-electron chi connectivity index (χ4n) is 3.45. The molecule has 0 aromatic carbocycles. The number of piperidine rings is 1. The minimum Gasteiger partial charge on any atom is -0.396 e. The zero-order chi connectivity index (χ0) is 17.3. The zero-order valence-electron chi connectivity index (χ0n) is 14.2. The summed E-state index contributed by atoms with van der Waals surface area (Å²) in [5.41, 5.74) is 1.07. The zero-order valence-corrected chi connectivity index (χ0v) is 15.0. The van der Waals surface area contributed by atoms with Gasteiger partial charge in [-0.05, 0) is 36.1 Å². The highest BCUT2D eigenvalue weighted by Crippen LogP contribution is 2.35. The fraction of sp³-hybridized carbons (Fsp3) is 0.556. The van der Waals surface area contributed by atoms with Gasteiger partial charge in [-0.3, -0.25) is 14.5 Å². The van der Waals surface area contributed by atoms with Crippen molar-refractivity contribution in [2.24, 2.45) is 11.8 Å². The first kappa shape index (κ1) is 17.2. The number of hydrogen-bond donors (Lipinski definition) is 1. The van der Waals surface area contributed by atoms with Crippen molar-refractivity contribution in [3.63, 3.8) is 0 Å². The van der Waals surface area contributed by atoms with E-state index in [-0.39, 0.29) is 30.3 Å². The predicted octanol–water partition coefficient (Wildman–Crippen LogP) is 2.19. The van der Waals surface area contributed by atoms with Crippen LogP contribution in [0.5, 0.6) is 0 Å². The quantitative estimate of drug-likeness (QED) is 0.829. The third kappa shape index (κ3) is 3.13. The molecule has 130 valence electrons. The normalized spacial score (nSPS) is 22.2. The Bertz CT molecular complexity index is 651. The van der Waals surface area contributed by atoms with E-state index in [1.54, 1.807) is 0 Å². The molecule has 3 rings (SSSR count). The van der Waals surface area contributed by atoms with Gasteiger partial charge in [0.25, 0.3) is 11.8 Å². The highest BCUT2D eigenvalue weighted by Gasteiger charge is 2.42. The molecular weight excluding hydrogens is 324 g/mol. The number of hydrogen-bond acceptors (Lipinski definition) is 5. The highest BCUT2D eigenvalue weighted by atomic mass is 32.1. The third-order valence-electron chi connectivity index (χ3n) is 4.55. The van der Waals surface area contributed by atoms with Gasteiger partial charge >= 0.3 is 0 Å². The number of aliphatic hydroxyl groups excluding tert-OH is 1. The fourth-order valence-corrected chi connectivity index (χ4v) is 4.21. The Morgan fingerprint density at radius 3 is 2.75 bits per heavy atom. The first-order chi connectivity index (χ1) is 11.5. The molecule has 1 fully saturated rings. The maximum atomic E-state index is 13.0. The molecule has 24 heavy (non-hydrogen) atoms. The van der Waals surface area contributed by atoms with E-state index in [1.165, 1.54) is 16.2 Å². The van der Waals surface area contributed by atoms with Crippen molar-refractivity contribution in [1.29, 1.82) is 0 Å². The molecule has 0 bridgehead atoms. The number of likely N-dealkylation sites (tertiary alicyclic amines) is 1. The van der Waals surface area contributed by atoms with Crippen LogP contribution in [0.25, 0.3) is 5.57 Å². The topological polar surface area (TPSA) is 60.9 Å². The van der Waals surface area contributed by atoms with Gasteiger partial charge in [0.2, 0.25) is 0 Å². The van der Waals surface area contributed by atoms with E-state index in [0.717, 1.165) is 24.3 Å². The molecule has 6 heteroatoms. The molecule has 1 saturated heterocycles. The number of imide groups is 1. The average molecular weight is 348 g/mol. The SMILES string of the molecule is CC(C)CN1C(=O)C(c2cccs2)=C(N2CCCC(CO)C2)C1=O. The molecule has 1 unspecified atom stereocenters. The second kappa shape index (κ2) is 7.07. The van der Waals surface area contributed by atoms with Gasteiger partial charge in [-0.25, -0.2) is 0 Å². The number of carbonyl (C=O) groups is 2. The van der Waals surface area contributed by atoms with E-state index < -0.39 is 0 Å². The summed E-state index contributed by atoms with van der Waals surface area (Å²) in [6.07, 6.45) is 1.89. The minimum atomic E-state index is -0.185. The summed E-state index contributed by atoms with van der Waals surface area (Å²) in [4.78, 5) is 30.2. The summed E-state index contributed by atoms with van der Waals surface area (Å²) >= 11 is 1.49. The third-order valence-corrected chi connectivity index (χ3v) is 5.44. The van der Waals surface area contributed by atoms with E-state index in [2.05, 4.69) is 0 Å². The lowest BCUT2D eigenvalue weighted by atomic mass is 9.98. The van der Waals surface area contributed by atoms with Crippen LogP contribution >= 0.6 is 11.3 Å². The molecule has 1 N–H and O–H groups in total. The van der Waals surface area contributed by atoms with Crippen molar-refractivity contribution in [3.05, 3.63) is 28.1 Å². The lowest BCUT2D eigenvalue weighted by Crippen LogP contribution is -2.41. The molecule has 0 spiro atoms. The molecule has 3 heterocycles. The molecule has 0 saturated carbocycles. The molecule has 2 amide bonds. The van der Waals surface area contributed by atoms with Crippen LogP contribution in [0, 0.1) is 11.8 Å². The molecule has 2 aliphatic rings. The maximum Gasteiger partial charge on any atom is 0.277 e. The molecule has 0 radical (unpaired) electrons. The van der Waals surface area contributed by atoms with Gasteiger partial charge in [0.1, 0.15) is 5.70 Å². The van der Waals surface area contributed by atoms with Gasteiger partial charge in [0.05, 0.1) is 5.57 Å². The summed E-state index contributed by atoms with van der Waals surface area (Å²) in [5, 5.41) is 11.4. The molecular formula is C18H24N2O3S. The smallest absolute Gasteiger partial charge is 0.277 e.